The third-order valence-corrected chi connectivity index (χ3v) is 3.94. The summed E-state index contributed by atoms with van der Waals surface area (Å²) in [4.78, 5) is 16.9. The minimum absolute atomic E-state index is 0.00102. The van der Waals surface area contributed by atoms with E-state index in [-0.39, 0.29) is 5.91 Å². The van der Waals surface area contributed by atoms with Crippen LogP contribution >= 0.6 is 0 Å². The Hall–Kier alpha value is -1.62. The molecule has 5 heteroatoms. The summed E-state index contributed by atoms with van der Waals surface area (Å²) in [6.45, 7) is 1.79. The van der Waals surface area contributed by atoms with Gasteiger partial charge in [0.05, 0.1) is 32.9 Å². The van der Waals surface area contributed by atoms with E-state index in [1.54, 1.807) is 0 Å². The molecule has 0 unspecified atom stereocenters. The Bertz CT molecular complexity index is 455. The van der Waals surface area contributed by atoms with Crippen LogP contribution in [0.5, 0.6) is 0 Å². The number of aromatic amines is 1. The van der Waals surface area contributed by atoms with Gasteiger partial charge in [-0.15, -0.1) is 0 Å². The molecule has 1 aliphatic rings. The number of rotatable bonds is 7. The molecule has 0 aliphatic heterocycles. The maximum Gasteiger partial charge on any atom is 0.285 e. The molecule has 1 aliphatic carbocycles. The Labute approximate surface area is 127 Å². The van der Waals surface area contributed by atoms with Crippen molar-refractivity contribution in [2.75, 3.05) is 32.5 Å². The number of hydrogen-bond donors (Lipinski definition) is 3. The molecule has 0 spiro atoms. The Morgan fingerprint density at radius 2 is 2.14 bits per heavy atom. The number of carbonyl (C=O) groups is 1. The first-order chi connectivity index (χ1) is 10.2. The van der Waals surface area contributed by atoms with Crippen molar-refractivity contribution >= 4 is 11.7 Å². The fraction of sp³-hybridized carbons (Fsp3) is 0.625. The summed E-state index contributed by atoms with van der Waals surface area (Å²) in [6.07, 6.45) is 7.79. The molecule has 2 rings (SSSR count). The molecule has 1 fully saturated rings. The smallest absolute Gasteiger partial charge is 0.285 e. The number of carbonyl (C=O) groups excluding carboxylic acids is 1. The van der Waals surface area contributed by atoms with Crippen molar-refractivity contribution < 1.29 is 14.7 Å². The minimum atomic E-state index is 0.00102. The molecule has 0 aromatic carbocycles. The van der Waals surface area contributed by atoms with Gasteiger partial charge in [0.25, 0.3) is 11.7 Å². The third kappa shape index (κ3) is 5.01. The number of nitrogens with one attached hydrogen (secondary N) is 4. The van der Waals surface area contributed by atoms with E-state index < -0.39 is 0 Å². The highest BCUT2D eigenvalue weighted by Crippen LogP contribution is 2.21. The molecule has 0 bridgehead atoms. The maximum atomic E-state index is 12.3. The zero-order valence-corrected chi connectivity index (χ0v) is 13.2. The predicted octanol–water partition coefficient (Wildman–Crippen LogP) is 0.120. The highest BCUT2D eigenvalue weighted by Gasteiger charge is 2.23. The van der Waals surface area contributed by atoms with E-state index in [1.807, 2.05) is 18.3 Å². The summed E-state index contributed by atoms with van der Waals surface area (Å²) in [5, 5.41) is 6.49. The van der Waals surface area contributed by atoms with Gasteiger partial charge in [0.1, 0.15) is 5.56 Å². The zero-order chi connectivity index (χ0) is 15.1. The van der Waals surface area contributed by atoms with Gasteiger partial charge in [-0.25, -0.2) is 4.98 Å². The van der Waals surface area contributed by atoms with E-state index >= 15 is 0 Å². The minimum Gasteiger partial charge on any atom is -0.352 e. The average molecular weight is 292 g/mol. The molecule has 116 valence electrons. The number of anilines is 1. The SMILES string of the molecule is C[NH+](C)CCCNC(=O)c1ccc[nH+]c1NC1CCCC1. The Balaban J connectivity index is 1.90. The number of H-pyrrole nitrogens is 1. The monoisotopic (exact) mass is 292 g/mol. The second-order valence-corrected chi connectivity index (χ2v) is 6.15. The van der Waals surface area contributed by atoms with Crippen molar-refractivity contribution in [2.45, 2.75) is 38.1 Å². The average Bonchev–Trinajstić information content (AvgIpc) is 2.97. The molecule has 1 saturated carbocycles. The highest BCUT2D eigenvalue weighted by atomic mass is 16.1. The molecule has 1 aromatic rings. The standard InChI is InChI=1S/C16H26N4O/c1-20(2)12-6-11-18-16(21)14-9-5-10-17-15(14)19-13-7-3-4-8-13/h5,9-10,13H,3-4,6-8,11-12H2,1-2H3,(H,17,19)(H,18,21)/p+2. The normalized spacial score (nSPS) is 15.4. The molecule has 21 heavy (non-hydrogen) atoms. The fourth-order valence-corrected chi connectivity index (χ4v) is 2.76. The van der Waals surface area contributed by atoms with Crippen LogP contribution in [0.2, 0.25) is 0 Å². The van der Waals surface area contributed by atoms with E-state index in [0.29, 0.717) is 11.6 Å². The van der Waals surface area contributed by atoms with E-state index in [0.717, 1.165) is 25.3 Å². The number of amides is 1. The van der Waals surface area contributed by atoms with Gasteiger partial charge < -0.3 is 10.2 Å². The first kappa shape index (κ1) is 15.8. The molecule has 1 heterocycles. The van der Waals surface area contributed by atoms with Crippen molar-refractivity contribution in [1.29, 1.82) is 0 Å². The largest absolute Gasteiger partial charge is 0.352 e. The lowest BCUT2D eigenvalue weighted by Crippen LogP contribution is -3.05. The Morgan fingerprint density at radius 1 is 1.38 bits per heavy atom. The maximum absolute atomic E-state index is 12.3. The summed E-state index contributed by atoms with van der Waals surface area (Å²) >= 11 is 0. The first-order valence-corrected chi connectivity index (χ1v) is 8.01. The second kappa shape index (κ2) is 7.98. The highest BCUT2D eigenvalue weighted by molar-refractivity contribution is 5.98. The summed E-state index contributed by atoms with van der Waals surface area (Å²) < 4.78 is 0. The van der Waals surface area contributed by atoms with Gasteiger partial charge in [0.2, 0.25) is 0 Å². The molecule has 0 atom stereocenters. The predicted molar refractivity (Wildman–Crippen MR) is 83.5 cm³/mol. The number of pyridine rings is 1. The Kier molecular flexibility index (Phi) is 5.99. The summed E-state index contributed by atoms with van der Waals surface area (Å²) in [7, 11) is 4.25. The molecule has 1 aromatic heterocycles. The molecule has 0 radical (unpaired) electrons. The molecule has 1 amide bonds. The van der Waals surface area contributed by atoms with Crippen LogP contribution in [0.1, 0.15) is 42.5 Å². The third-order valence-electron chi connectivity index (χ3n) is 3.94. The Morgan fingerprint density at radius 3 is 2.86 bits per heavy atom. The summed E-state index contributed by atoms with van der Waals surface area (Å²) in [5.41, 5.74) is 0.710. The first-order valence-electron chi connectivity index (χ1n) is 8.01. The van der Waals surface area contributed by atoms with Crippen LogP contribution in [0.25, 0.3) is 0 Å². The quantitative estimate of drug-likeness (QED) is 0.625. The van der Waals surface area contributed by atoms with Crippen LogP contribution < -0.4 is 20.5 Å². The van der Waals surface area contributed by atoms with Crippen LogP contribution in [0, 0.1) is 0 Å². The van der Waals surface area contributed by atoms with Gasteiger partial charge >= 0.3 is 0 Å². The van der Waals surface area contributed by atoms with Gasteiger partial charge in [-0.3, -0.25) is 10.1 Å². The number of quaternary nitrogens is 1. The van der Waals surface area contributed by atoms with Crippen molar-refractivity contribution in [3.05, 3.63) is 23.9 Å². The van der Waals surface area contributed by atoms with Gasteiger partial charge in [-0.1, -0.05) is 0 Å². The van der Waals surface area contributed by atoms with E-state index in [1.165, 1.54) is 30.6 Å². The van der Waals surface area contributed by atoms with E-state index in [2.05, 4.69) is 29.7 Å². The van der Waals surface area contributed by atoms with Crippen molar-refractivity contribution in [3.8, 4) is 0 Å². The summed E-state index contributed by atoms with van der Waals surface area (Å²) in [6, 6.07) is 4.24. The van der Waals surface area contributed by atoms with Crippen LogP contribution in [-0.4, -0.2) is 39.1 Å². The zero-order valence-electron chi connectivity index (χ0n) is 13.2. The van der Waals surface area contributed by atoms with Crippen LogP contribution in [-0.2, 0) is 0 Å². The molecular weight excluding hydrogens is 264 g/mol. The molecule has 0 saturated heterocycles. The van der Waals surface area contributed by atoms with Gasteiger partial charge in [-0.2, -0.15) is 0 Å². The molecular formula is C16H28N4O+2. The summed E-state index contributed by atoms with van der Waals surface area (Å²) in [5.74, 6) is 0.848. The lowest BCUT2D eigenvalue weighted by molar-refractivity contribution is -0.858. The van der Waals surface area contributed by atoms with Crippen LogP contribution in [0.4, 0.5) is 5.82 Å². The molecule has 5 nitrogen and oxygen atoms in total. The van der Waals surface area contributed by atoms with Crippen LogP contribution in [0.3, 0.4) is 0 Å². The van der Waals surface area contributed by atoms with Gasteiger partial charge in [0.15, 0.2) is 0 Å². The van der Waals surface area contributed by atoms with Gasteiger partial charge in [-0.05, 0) is 37.8 Å². The molecule has 4 N–H and O–H groups in total. The van der Waals surface area contributed by atoms with Crippen molar-refractivity contribution in [1.82, 2.24) is 5.32 Å². The van der Waals surface area contributed by atoms with E-state index in [9.17, 15) is 4.79 Å². The lowest BCUT2D eigenvalue weighted by atomic mass is 10.2. The van der Waals surface area contributed by atoms with Crippen molar-refractivity contribution in [2.24, 2.45) is 0 Å². The lowest BCUT2D eigenvalue weighted by Gasteiger charge is -2.11. The van der Waals surface area contributed by atoms with Gasteiger partial charge in [0, 0.05) is 13.0 Å². The van der Waals surface area contributed by atoms with Crippen molar-refractivity contribution in [3.63, 3.8) is 0 Å². The van der Waals surface area contributed by atoms with E-state index in [4.69, 9.17) is 0 Å². The second-order valence-electron chi connectivity index (χ2n) is 6.15. The number of aromatic nitrogens is 1. The topological polar surface area (TPSA) is 59.7 Å². The number of hydrogen-bond acceptors (Lipinski definition) is 2. The van der Waals surface area contributed by atoms with Crippen LogP contribution in [0.15, 0.2) is 18.3 Å². The fourth-order valence-electron chi connectivity index (χ4n) is 2.76.